The van der Waals surface area contributed by atoms with Crippen LogP contribution in [0.3, 0.4) is 0 Å². The van der Waals surface area contributed by atoms with E-state index >= 15 is 0 Å². The van der Waals surface area contributed by atoms with Crippen molar-refractivity contribution in [2.75, 3.05) is 32.5 Å². The first kappa shape index (κ1) is 22.2. The zero-order valence-electron chi connectivity index (χ0n) is 15.2. The predicted molar refractivity (Wildman–Crippen MR) is 109 cm³/mol. The molecule has 0 aromatic heterocycles. The molecule has 28 heavy (non-hydrogen) atoms. The van der Waals surface area contributed by atoms with E-state index in [9.17, 15) is 18.0 Å². The number of halogens is 2. The third-order valence-corrected chi connectivity index (χ3v) is 6.29. The van der Waals surface area contributed by atoms with Gasteiger partial charge in [0.2, 0.25) is 21.8 Å². The summed E-state index contributed by atoms with van der Waals surface area (Å²) in [6.07, 6.45) is 0. The minimum Gasteiger partial charge on any atom is -0.335 e. The molecule has 0 heterocycles. The minimum atomic E-state index is -3.81. The standard InChI is InChI=1S/C18H19Cl2N3O4S/c1-22(11-16(24)21-18-14(19)9-6-10-15(18)20)17(25)12-23(2)28(26,27)13-7-4-3-5-8-13/h3-10H,11-12H2,1-2H3,(H,21,24). The van der Waals surface area contributed by atoms with Gasteiger partial charge in [-0.3, -0.25) is 9.59 Å². The van der Waals surface area contributed by atoms with E-state index in [2.05, 4.69) is 5.32 Å². The molecule has 1 N–H and O–H groups in total. The number of benzene rings is 2. The first-order valence-corrected chi connectivity index (χ1v) is 10.3. The second kappa shape index (κ2) is 9.38. The number of nitrogens with one attached hydrogen (secondary N) is 1. The molecule has 2 aromatic rings. The van der Waals surface area contributed by atoms with Crippen LogP contribution in [0.4, 0.5) is 5.69 Å². The molecule has 7 nitrogen and oxygen atoms in total. The van der Waals surface area contributed by atoms with Crippen LogP contribution in [0.5, 0.6) is 0 Å². The van der Waals surface area contributed by atoms with Gasteiger partial charge in [-0.2, -0.15) is 4.31 Å². The van der Waals surface area contributed by atoms with Gasteiger partial charge in [0.15, 0.2) is 0 Å². The zero-order valence-corrected chi connectivity index (χ0v) is 17.6. The van der Waals surface area contributed by atoms with Crippen LogP contribution in [0.25, 0.3) is 0 Å². The number of rotatable bonds is 7. The van der Waals surface area contributed by atoms with E-state index in [1.165, 1.54) is 26.2 Å². The smallest absolute Gasteiger partial charge is 0.244 e. The van der Waals surface area contributed by atoms with Gasteiger partial charge in [0.25, 0.3) is 0 Å². The maximum Gasteiger partial charge on any atom is 0.244 e. The quantitative estimate of drug-likeness (QED) is 0.712. The Balaban J connectivity index is 1.98. The summed E-state index contributed by atoms with van der Waals surface area (Å²) in [5.41, 5.74) is 0.250. The Morgan fingerprint density at radius 3 is 2.07 bits per heavy atom. The van der Waals surface area contributed by atoms with Crippen LogP contribution < -0.4 is 5.32 Å². The molecule has 0 fully saturated rings. The molecule has 2 aromatic carbocycles. The van der Waals surface area contributed by atoms with Gasteiger partial charge in [0.1, 0.15) is 0 Å². The third kappa shape index (κ3) is 5.45. The van der Waals surface area contributed by atoms with Gasteiger partial charge in [-0.1, -0.05) is 47.5 Å². The molecule has 0 atom stereocenters. The molecule has 0 radical (unpaired) electrons. The van der Waals surface area contributed by atoms with E-state index < -0.39 is 28.4 Å². The second-order valence-corrected chi connectivity index (χ2v) is 8.83. The van der Waals surface area contributed by atoms with E-state index in [1.54, 1.807) is 36.4 Å². The van der Waals surface area contributed by atoms with E-state index in [-0.39, 0.29) is 27.2 Å². The minimum absolute atomic E-state index is 0.0825. The highest BCUT2D eigenvalue weighted by atomic mass is 35.5. The maximum atomic E-state index is 12.5. The van der Waals surface area contributed by atoms with Crippen LogP contribution in [-0.2, 0) is 19.6 Å². The summed E-state index contributed by atoms with van der Waals surface area (Å²) in [4.78, 5) is 25.7. The summed E-state index contributed by atoms with van der Waals surface area (Å²) in [7, 11) is -1.10. The number of hydrogen-bond acceptors (Lipinski definition) is 4. The highest BCUT2D eigenvalue weighted by Gasteiger charge is 2.24. The number of sulfonamides is 1. The van der Waals surface area contributed by atoms with Crippen molar-refractivity contribution in [3.63, 3.8) is 0 Å². The largest absolute Gasteiger partial charge is 0.335 e. The molecule has 2 rings (SSSR count). The summed E-state index contributed by atoms with van der Waals surface area (Å²) in [6, 6.07) is 12.6. The molecular formula is C18H19Cl2N3O4S. The highest BCUT2D eigenvalue weighted by Crippen LogP contribution is 2.29. The van der Waals surface area contributed by atoms with Crippen LogP contribution in [0, 0.1) is 0 Å². The Morgan fingerprint density at radius 2 is 1.50 bits per heavy atom. The molecule has 0 aliphatic heterocycles. The Morgan fingerprint density at radius 1 is 0.929 bits per heavy atom. The number of anilines is 1. The van der Waals surface area contributed by atoms with Crippen molar-refractivity contribution < 1.29 is 18.0 Å². The summed E-state index contributed by atoms with van der Waals surface area (Å²) >= 11 is 12.0. The van der Waals surface area contributed by atoms with E-state index in [1.807, 2.05) is 0 Å². The summed E-state index contributed by atoms with van der Waals surface area (Å²) in [5.74, 6) is -1.05. The van der Waals surface area contributed by atoms with Crippen molar-refractivity contribution in [2.45, 2.75) is 4.90 Å². The van der Waals surface area contributed by atoms with Gasteiger partial charge in [0.05, 0.1) is 33.7 Å². The van der Waals surface area contributed by atoms with Gasteiger partial charge in [-0.25, -0.2) is 8.42 Å². The first-order valence-electron chi connectivity index (χ1n) is 8.12. The molecule has 150 valence electrons. The average Bonchev–Trinajstić information content (AvgIpc) is 2.65. The van der Waals surface area contributed by atoms with Gasteiger partial charge < -0.3 is 10.2 Å². The molecule has 0 saturated carbocycles. The predicted octanol–water partition coefficient (Wildman–Crippen LogP) is 2.71. The lowest BCUT2D eigenvalue weighted by atomic mass is 10.3. The highest BCUT2D eigenvalue weighted by molar-refractivity contribution is 7.89. The number of hydrogen-bond donors (Lipinski definition) is 1. The second-order valence-electron chi connectivity index (χ2n) is 5.97. The van der Waals surface area contributed by atoms with Crippen LogP contribution in [0.1, 0.15) is 0 Å². The molecule has 2 amide bonds. The lowest BCUT2D eigenvalue weighted by molar-refractivity contribution is -0.133. The van der Waals surface area contributed by atoms with Crippen molar-refractivity contribution in [1.82, 2.24) is 9.21 Å². The number of likely N-dealkylation sites (N-methyl/N-ethyl adjacent to an activating group) is 2. The average molecular weight is 444 g/mol. The van der Waals surface area contributed by atoms with Gasteiger partial charge in [-0.15, -0.1) is 0 Å². The Labute approximate surface area is 173 Å². The van der Waals surface area contributed by atoms with Crippen molar-refractivity contribution >= 4 is 50.7 Å². The first-order chi connectivity index (χ1) is 13.1. The number of carbonyl (C=O) groups is 2. The lowest BCUT2D eigenvalue weighted by Crippen LogP contribution is -2.42. The Kier molecular flexibility index (Phi) is 7.42. The summed E-state index contributed by atoms with van der Waals surface area (Å²) in [5, 5.41) is 3.08. The van der Waals surface area contributed by atoms with Crippen LogP contribution in [-0.4, -0.2) is 56.6 Å². The molecule has 0 saturated heterocycles. The van der Waals surface area contributed by atoms with Crippen molar-refractivity contribution in [3.8, 4) is 0 Å². The number of para-hydroxylation sites is 1. The Bertz CT molecular complexity index is 948. The van der Waals surface area contributed by atoms with Gasteiger partial charge in [0, 0.05) is 14.1 Å². The fourth-order valence-corrected chi connectivity index (χ4v) is 3.90. The monoisotopic (exact) mass is 443 g/mol. The van der Waals surface area contributed by atoms with Crippen LogP contribution in [0.15, 0.2) is 53.4 Å². The number of amides is 2. The van der Waals surface area contributed by atoms with Gasteiger partial charge in [-0.05, 0) is 24.3 Å². The number of nitrogens with zero attached hydrogens (tertiary/aromatic N) is 2. The molecule has 0 unspecified atom stereocenters. The van der Waals surface area contributed by atoms with Crippen molar-refractivity contribution in [2.24, 2.45) is 0 Å². The maximum absolute atomic E-state index is 12.5. The zero-order chi connectivity index (χ0) is 20.9. The SMILES string of the molecule is CN(CC(=O)Nc1c(Cl)cccc1Cl)C(=O)CN(C)S(=O)(=O)c1ccccc1. The summed E-state index contributed by atoms with van der Waals surface area (Å²) < 4.78 is 25.9. The molecule has 0 bridgehead atoms. The van der Waals surface area contributed by atoms with Crippen molar-refractivity contribution in [1.29, 1.82) is 0 Å². The van der Waals surface area contributed by atoms with E-state index in [0.29, 0.717) is 0 Å². The fraction of sp³-hybridized carbons (Fsp3) is 0.222. The third-order valence-electron chi connectivity index (χ3n) is 3.84. The fourth-order valence-electron chi connectivity index (χ4n) is 2.27. The summed E-state index contributed by atoms with van der Waals surface area (Å²) in [6.45, 7) is -0.701. The molecule has 0 aliphatic rings. The Hall–Kier alpha value is -2.13. The molecular weight excluding hydrogens is 425 g/mol. The van der Waals surface area contributed by atoms with Crippen LogP contribution >= 0.6 is 23.2 Å². The molecule has 0 spiro atoms. The van der Waals surface area contributed by atoms with Crippen molar-refractivity contribution in [3.05, 3.63) is 58.6 Å². The lowest BCUT2D eigenvalue weighted by Gasteiger charge is -2.21. The van der Waals surface area contributed by atoms with Gasteiger partial charge >= 0.3 is 0 Å². The molecule has 0 aliphatic carbocycles. The number of carbonyl (C=O) groups excluding carboxylic acids is 2. The van der Waals surface area contributed by atoms with E-state index in [0.717, 1.165) is 9.21 Å². The van der Waals surface area contributed by atoms with E-state index in [4.69, 9.17) is 23.2 Å². The molecule has 10 heteroatoms. The van der Waals surface area contributed by atoms with Crippen LogP contribution in [0.2, 0.25) is 10.0 Å². The topological polar surface area (TPSA) is 86.8 Å². The normalized spacial score (nSPS) is 11.3.